The predicted molar refractivity (Wildman–Crippen MR) is 243 cm³/mol. The van der Waals surface area contributed by atoms with Crippen LogP contribution in [-0.4, -0.2) is 78.6 Å². The van der Waals surface area contributed by atoms with E-state index in [0.717, 1.165) is 87.0 Å². The Kier molecular flexibility index (Phi) is 17.8. The molecule has 8 rings (SSSR count). The summed E-state index contributed by atoms with van der Waals surface area (Å²) in [7, 11) is -2.10. The molecule has 0 aromatic heterocycles. The molecule has 0 aliphatic carbocycles. The highest BCUT2D eigenvalue weighted by Crippen LogP contribution is 2.37. The van der Waals surface area contributed by atoms with Gasteiger partial charge in [-0.25, -0.2) is 0 Å². The Morgan fingerprint density at radius 1 is 0.516 bits per heavy atom. The summed E-state index contributed by atoms with van der Waals surface area (Å²) in [6.07, 6.45) is -6.59. The maximum absolute atomic E-state index is 13.3. The summed E-state index contributed by atoms with van der Waals surface area (Å²) in [6.45, 7) is 6.99. The molecule has 2 heterocycles. The Hall–Kier alpha value is -4.80. The molecule has 6 nitrogen and oxygen atoms in total. The van der Waals surface area contributed by atoms with Crippen LogP contribution in [0.5, 0.6) is 0 Å². The third-order valence-electron chi connectivity index (χ3n) is 10.8. The number of hydrogen-bond acceptors (Lipinski definition) is 6. The van der Waals surface area contributed by atoms with E-state index in [1.165, 1.54) is 41.0 Å². The molecule has 2 N–H and O–H groups in total. The van der Waals surface area contributed by atoms with Gasteiger partial charge in [-0.3, -0.25) is 9.80 Å². The van der Waals surface area contributed by atoms with Gasteiger partial charge < -0.3 is 19.5 Å². The fourth-order valence-electron chi connectivity index (χ4n) is 7.71. The zero-order chi connectivity index (χ0) is 45.5. The van der Waals surface area contributed by atoms with Gasteiger partial charge in [0.25, 0.3) is 0 Å². The molecular formula is C50H50BBrF6N2O4. The van der Waals surface area contributed by atoms with Gasteiger partial charge in [-0.1, -0.05) is 155 Å². The highest BCUT2D eigenvalue weighted by molar-refractivity contribution is 9.10. The normalized spacial score (nSPS) is 17.1. The van der Waals surface area contributed by atoms with Gasteiger partial charge >= 0.3 is 19.5 Å². The maximum Gasteiger partial charge on any atom is 0.489 e. The minimum absolute atomic E-state index is 0.152. The van der Waals surface area contributed by atoms with Crippen molar-refractivity contribution in [2.45, 2.75) is 50.5 Å². The van der Waals surface area contributed by atoms with Crippen molar-refractivity contribution in [1.82, 2.24) is 9.80 Å². The molecule has 0 bridgehead atoms. The summed E-state index contributed by atoms with van der Waals surface area (Å²) < 4.78 is 89.4. The van der Waals surface area contributed by atoms with Crippen molar-refractivity contribution in [2.75, 3.05) is 39.4 Å². The second-order valence-electron chi connectivity index (χ2n) is 15.7. The van der Waals surface area contributed by atoms with Crippen molar-refractivity contribution in [3.8, 4) is 11.1 Å². The highest BCUT2D eigenvalue weighted by atomic mass is 79.9. The molecule has 0 saturated carbocycles. The van der Waals surface area contributed by atoms with Crippen LogP contribution in [0.25, 0.3) is 11.1 Å². The third kappa shape index (κ3) is 15.2. The van der Waals surface area contributed by atoms with Gasteiger partial charge in [0.15, 0.2) is 0 Å². The Morgan fingerprint density at radius 3 is 1.39 bits per heavy atom. The number of halogens is 7. The molecule has 6 aromatic rings. The third-order valence-corrected chi connectivity index (χ3v) is 11.4. The van der Waals surface area contributed by atoms with Crippen LogP contribution < -0.4 is 5.46 Å². The lowest BCUT2D eigenvalue weighted by atomic mass is 9.77. The van der Waals surface area contributed by atoms with Crippen LogP contribution >= 0.6 is 15.9 Å². The van der Waals surface area contributed by atoms with E-state index in [4.69, 9.17) is 19.5 Å². The van der Waals surface area contributed by atoms with Crippen molar-refractivity contribution in [3.63, 3.8) is 0 Å². The van der Waals surface area contributed by atoms with Crippen molar-refractivity contribution in [1.29, 1.82) is 0 Å². The average molecular weight is 948 g/mol. The fourth-order valence-corrected chi connectivity index (χ4v) is 7.97. The maximum atomic E-state index is 13.3. The van der Waals surface area contributed by atoms with Gasteiger partial charge in [-0.15, -0.1) is 0 Å². The topological polar surface area (TPSA) is 65.4 Å². The van der Waals surface area contributed by atoms with Crippen molar-refractivity contribution < 1.29 is 45.9 Å². The molecular weight excluding hydrogens is 897 g/mol. The number of rotatable bonds is 10. The van der Waals surface area contributed by atoms with Crippen LogP contribution in [0.3, 0.4) is 0 Å². The number of nitrogens with zero attached hydrogens (tertiary/aromatic N) is 2. The van der Waals surface area contributed by atoms with Crippen LogP contribution in [0.4, 0.5) is 26.3 Å². The summed E-state index contributed by atoms with van der Waals surface area (Å²) in [4.78, 5) is 4.83. The van der Waals surface area contributed by atoms with E-state index in [1.54, 1.807) is 18.2 Å². The second kappa shape index (κ2) is 23.4. The monoisotopic (exact) mass is 946 g/mol. The summed E-state index contributed by atoms with van der Waals surface area (Å²) in [6, 6.07) is 46.9. The first-order valence-electron chi connectivity index (χ1n) is 21.0. The molecule has 14 heteroatoms. The Balaban J connectivity index is 0.000000174. The second-order valence-corrected chi connectivity index (χ2v) is 16.6. The minimum Gasteiger partial charge on any atom is -0.423 e. The molecule has 2 aliphatic heterocycles. The molecule has 2 atom stereocenters. The van der Waals surface area contributed by atoms with Gasteiger partial charge in [0, 0.05) is 43.7 Å². The molecule has 6 aromatic carbocycles. The lowest BCUT2D eigenvalue weighted by molar-refractivity contribution is -0.137. The summed E-state index contributed by atoms with van der Waals surface area (Å²) in [5.41, 5.74) is 3.70. The number of hydrogen-bond donors (Lipinski definition) is 2. The van der Waals surface area contributed by atoms with Crippen molar-refractivity contribution in [2.24, 2.45) is 0 Å². The zero-order valence-electron chi connectivity index (χ0n) is 35.1. The summed E-state index contributed by atoms with van der Waals surface area (Å²) >= 11 is 3.48. The van der Waals surface area contributed by atoms with Crippen molar-refractivity contribution >= 4 is 28.5 Å². The van der Waals surface area contributed by atoms with Gasteiger partial charge in [0.2, 0.25) is 0 Å². The molecule has 0 spiro atoms. The number of ether oxygens (including phenoxy) is 2. The molecule has 0 amide bonds. The molecule has 64 heavy (non-hydrogen) atoms. The molecule has 2 fully saturated rings. The Bertz CT molecular complexity index is 2300. The lowest BCUT2D eigenvalue weighted by Crippen LogP contribution is -2.42. The van der Waals surface area contributed by atoms with Crippen LogP contribution in [0.1, 0.15) is 33.4 Å². The molecule has 2 aliphatic rings. The quantitative estimate of drug-likeness (QED) is 0.105. The molecule has 336 valence electrons. The largest absolute Gasteiger partial charge is 0.489 e. The highest BCUT2D eigenvalue weighted by Gasteiger charge is 2.36. The van der Waals surface area contributed by atoms with Crippen molar-refractivity contribution in [3.05, 3.63) is 196 Å². The van der Waals surface area contributed by atoms with Gasteiger partial charge in [-0.2, -0.15) is 26.3 Å². The first-order valence-corrected chi connectivity index (χ1v) is 21.8. The standard InChI is InChI=1S/C25H24F3NO.C18H20BrNO.C7H6BF3O2/c26-25(27,28)24-9-5-4-8-23(24)21-12-10-20(11-13-21)17-29-14-15-30-22(18-29)16-19-6-2-1-3-7-19;19-17-8-6-16(7-9-17)13-20-10-11-21-18(14-20)12-15-4-2-1-3-5-15;9-7(10,11)5-3-1-2-4-6(5)8(12)13/h1-13,22H,14-18H2;1-9,18H,10-14H2;1-4,12-13H. The van der Waals surface area contributed by atoms with Crippen LogP contribution in [0.2, 0.25) is 0 Å². The van der Waals surface area contributed by atoms with E-state index >= 15 is 0 Å². The van der Waals surface area contributed by atoms with E-state index in [2.05, 4.69) is 92.5 Å². The first kappa shape index (κ1) is 48.7. The van der Waals surface area contributed by atoms with E-state index < -0.39 is 36.1 Å². The predicted octanol–water partition coefficient (Wildman–Crippen LogP) is 10.1. The Morgan fingerprint density at radius 2 is 0.938 bits per heavy atom. The van der Waals surface area contributed by atoms with Crippen LogP contribution in [0.15, 0.2) is 162 Å². The lowest BCUT2D eigenvalue weighted by Gasteiger charge is -2.33. The smallest absolute Gasteiger partial charge is 0.423 e. The molecule has 0 radical (unpaired) electrons. The average Bonchev–Trinajstić information content (AvgIpc) is 3.28. The van der Waals surface area contributed by atoms with Crippen LogP contribution in [-0.2, 0) is 47.8 Å². The molecule has 2 unspecified atom stereocenters. The van der Waals surface area contributed by atoms with E-state index in [9.17, 15) is 26.3 Å². The van der Waals surface area contributed by atoms with Gasteiger partial charge in [0.1, 0.15) is 0 Å². The fraction of sp³-hybridized carbons (Fsp3) is 0.280. The van der Waals surface area contributed by atoms with E-state index in [0.29, 0.717) is 18.3 Å². The van der Waals surface area contributed by atoms with E-state index in [1.807, 2.05) is 30.3 Å². The number of alkyl halides is 6. The van der Waals surface area contributed by atoms with E-state index in [-0.39, 0.29) is 11.7 Å². The number of benzene rings is 6. The Labute approximate surface area is 379 Å². The SMILES string of the molecule is Brc1ccc(CN2CCOC(Cc3ccccc3)C2)cc1.FC(F)(F)c1ccccc1-c1ccc(CN2CCOC(Cc3ccccc3)C2)cc1.OB(O)c1ccccc1C(F)(F)F. The molecule has 2 saturated heterocycles. The summed E-state index contributed by atoms with van der Waals surface area (Å²) in [5, 5.41) is 17.2. The van der Waals surface area contributed by atoms with Crippen LogP contribution in [0, 0.1) is 0 Å². The zero-order valence-corrected chi connectivity index (χ0v) is 36.7. The van der Waals surface area contributed by atoms with Gasteiger partial charge in [-0.05, 0) is 69.9 Å². The van der Waals surface area contributed by atoms with Gasteiger partial charge in [0.05, 0.1) is 36.5 Å². The first-order chi connectivity index (χ1) is 30.7. The minimum atomic E-state index is -4.56. The number of morpholine rings is 2. The summed E-state index contributed by atoms with van der Waals surface area (Å²) in [5.74, 6) is 0.